The van der Waals surface area contributed by atoms with E-state index in [1.165, 1.54) is 11.1 Å². The second-order valence-corrected chi connectivity index (χ2v) is 10.3. The second-order valence-electron chi connectivity index (χ2n) is 8.21. The Balaban J connectivity index is 1.68. The molecule has 1 fully saturated rings. The number of aryl methyl sites for hydroxylation is 1. The monoisotopic (exact) mass is 414 g/mol. The van der Waals surface area contributed by atoms with Gasteiger partial charge in [-0.2, -0.15) is 0 Å². The van der Waals surface area contributed by atoms with Gasteiger partial charge in [0.05, 0.1) is 12.0 Å². The molecule has 2 unspecified atom stereocenters. The summed E-state index contributed by atoms with van der Waals surface area (Å²) in [5.74, 6) is 0.951. The van der Waals surface area contributed by atoms with Gasteiger partial charge in [-0.1, -0.05) is 23.8 Å². The van der Waals surface area contributed by atoms with Gasteiger partial charge >= 0.3 is 0 Å². The number of fused-ring (bicyclic) bond motifs is 1. The van der Waals surface area contributed by atoms with Crippen LogP contribution in [0.5, 0.6) is 5.75 Å². The van der Waals surface area contributed by atoms with E-state index < -0.39 is 15.2 Å². The summed E-state index contributed by atoms with van der Waals surface area (Å²) in [5, 5.41) is 2.91. The number of ether oxygens (including phenoxy) is 1. The molecule has 1 saturated heterocycles. The molecule has 0 aromatic heterocycles. The molecule has 4 rings (SSSR count). The minimum absolute atomic E-state index is 0.0925. The fourth-order valence-electron chi connectivity index (χ4n) is 4.63. The first-order valence-electron chi connectivity index (χ1n) is 10.4. The zero-order valence-corrected chi connectivity index (χ0v) is 18.0. The lowest BCUT2D eigenvalue weighted by atomic mass is 9.95. The summed E-state index contributed by atoms with van der Waals surface area (Å²) in [6.45, 7) is 5.10. The minimum atomic E-state index is -3.47. The van der Waals surface area contributed by atoms with Crippen LogP contribution in [-0.4, -0.2) is 45.4 Å². The Labute approximate surface area is 174 Å². The van der Waals surface area contributed by atoms with Crippen LogP contribution in [0.2, 0.25) is 0 Å². The first kappa shape index (κ1) is 20.4. The Morgan fingerprint density at radius 3 is 2.62 bits per heavy atom. The molecule has 2 atom stereocenters. The van der Waals surface area contributed by atoms with Crippen molar-refractivity contribution < 1.29 is 13.2 Å². The highest BCUT2D eigenvalue weighted by molar-refractivity contribution is 7.92. The molecular formula is C23H30N2O3S. The smallest absolute Gasteiger partial charge is 0.194 e. The molecule has 0 aliphatic carbocycles. The summed E-state index contributed by atoms with van der Waals surface area (Å²) >= 11 is 0. The van der Waals surface area contributed by atoms with Gasteiger partial charge in [-0.3, -0.25) is 4.90 Å². The lowest BCUT2D eigenvalue weighted by Crippen LogP contribution is -2.52. The van der Waals surface area contributed by atoms with Gasteiger partial charge in [-0.15, -0.1) is 0 Å². The van der Waals surface area contributed by atoms with E-state index in [0.717, 1.165) is 50.2 Å². The van der Waals surface area contributed by atoms with Gasteiger partial charge in [-0.25, -0.2) is 8.42 Å². The highest BCUT2D eigenvalue weighted by atomic mass is 32.2. The highest BCUT2D eigenvalue weighted by Crippen LogP contribution is 2.33. The van der Waals surface area contributed by atoms with Crippen LogP contribution < -0.4 is 10.1 Å². The Bertz CT molecular complexity index is 951. The third-order valence-corrected chi connectivity index (χ3v) is 8.47. The van der Waals surface area contributed by atoms with Crippen molar-refractivity contribution in [3.63, 3.8) is 0 Å². The summed E-state index contributed by atoms with van der Waals surface area (Å²) in [7, 11) is -1.79. The normalized spacial score (nSPS) is 21.4. The van der Waals surface area contributed by atoms with Crippen LogP contribution in [-0.2, 0) is 22.8 Å². The molecule has 0 radical (unpaired) electrons. The number of sulfone groups is 1. The maximum atomic E-state index is 13.8. The maximum absolute atomic E-state index is 13.8. The fraction of sp³-hybridized carbons (Fsp3) is 0.478. The van der Waals surface area contributed by atoms with Crippen molar-refractivity contribution in [1.29, 1.82) is 0 Å². The molecule has 2 aliphatic rings. The molecule has 0 bridgehead atoms. The fourth-order valence-corrected chi connectivity index (χ4v) is 6.74. The Morgan fingerprint density at radius 1 is 1.14 bits per heavy atom. The number of hydrogen-bond acceptors (Lipinski definition) is 5. The van der Waals surface area contributed by atoms with E-state index in [4.69, 9.17) is 4.74 Å². The summed E-state index contributed by atoms with van der Waals surface area (Å²) in [5.41, 5.74) is 3.53. The van der Waals surface area contributed by atoms with Crippen molar-refractivity contribution in [3.8, 4) is 5.75 Å². The van der Waals surface area contributed by atoms with Gasteiger partial charge in [0.1, 0.15) is 11.1 Å². The van der Waals surface area contributed by atoms with E-state index in [-0.39, 0.29) is 5.92 Å². The lowest BCUT2D eigenvalue weighted by Gasteiger charge is -2.40. The highest BCUT2D eigenvalue weighted by Gasteiger charge is 2.40. The molecule has 0 amide bonds. The predicted octanol–water partition coefficient (Wildman–Crippen LogP) is 3.16. The number of benzene rings is 2. The lowest BCUT2D eigenvalue weighted by molar-refractivity contribution is 0.162. The molecule has 2 aromatic carbocycles. The molecular weight excluding hydrogens is 384 g/mol. The van der Waals surface area contributed by atoms with E-state index in [9.17, 15) is 8.42 Å². The van der Waals surface area contributed by atoms with Crippen molar-refractivity contribution in [1.82, 2.24) is 10.2 Å². The molecule has 2 aliphatic heterocycles. The minimum Gasteiger partial charge on any atom is -0.497 e. The summed E-state index contributed by atoms with van der Waals surface area (Å²) in [6.07, 6.45) is 2.80. The Morgan fingerprint density at radius 2 is 1.93 bits per heavy atom. The van der Waals surface area contributed by atoms with E-state index in [2.05, 4.69) is 22.3 Å². The van der Waals surface area contributed by atoms with Gasteiger partial charge in [-0.05, 0) is 68.1 Å². The molecule has 2 heterocycles. The van der Waals surface area contributed by atoms with E-state index in [0.29, 0.717) is 11.4 Å². The summed E-state index contributed by atoms with van der Waals surface area (Å²) < 4.78 is 32.9. The number of methoxy groups -OCH3 is 1. The van der Waals surface area contributed by atoms with Crippen LogP contribution in [0.3, 0.4) is 0 Å². The molecule has 5 nitrogen and oxygen atoms in total. The molecule has 0 saturated carbocycles. The van der Waals surface area contributed by atoms with Gasteiger partial charge in [0.2, 0.25) is 0 Å². The third-order valence-electron chi connectivity index (χ3n) is 6.22. The second kappa shape index (κ2) is 8.46. The van der Waals surface area contributed by atoms with E-state index in [1.54, 1.807) is 19.2 Å². The standard InChI is InChI=1S/C23H30N2O3S/c1-17-5-9-22(10-6-17)29(26,27)23(19-4-3-12-24-15-19)25-13-11-18-14-21(28-2)8-7-20(18)16-25/h5-10,14,19,23-24H,3-4,11-13,15-16H2,1-2H3. The number of piperidine rings is 1. The van der Waals surface area contributed by atoms with Gasteiger partial charge in [0.25, 0.3) is 0 Å². The maximum Gasteiger partial charge on any atom is 0.194 e. The van der Waals surface area contributed by atoms with Gasteiger partial charge < -0.3 is 10.1 Å². The first-order valence-corrected chi connectivity index (χ1v) is 11.9. The number of nitrogens with zero attached hydrogens (tertiary/aromatic N) is 1. The van der Waals surface area contributed by atoms with Gasteiger partial charge in [0.15, 0.2) is 9.84 Å². The molecule has 2 aromatic rings. The van der Waals surface area contributed by atoms with Crippen molar-refractivity contribution in [3.05, 3.63) is 59.2 Å². The van der Waals surface area contributed by atoms with Crippen molar-refractivity contribution in [2.75, 3.05) is 26.7 Å². The van der Waals surface area contributed by atoms with Crippen LogP contribution in [0, 0.1) is 12.8 Å². The third kappa shape index (κ3) is 4.20. The predicted molar refractivity (Wildman–Crippen MR) is 115 cm³/mol. The molecule has 0 spiro atoms. The van der Waals surface area contributed by atoms with E-state index in [1.807, 2.05) is 25.1 Å². The SMILES string of the molecule is COc1ccc2c(c1)CCN(C(C1CCCNC1)S(=O)(=O)c1ccc(C)cc1)C2. The van der Waals surface area contributed by atoms with Crippen LogP contribution in [0.25, 0.3) is 0 Å². The molecule has 156 valence electrons. The first-order chi connectivity index (χ1) is 14.0. The molecule has 29 heavy (non-hydrogen) atoms. The summed E-state index contributed by atoms with van der Waals surface area (Å²) in [6, 6.07) is 13.4. The zero-order chi connectivity index (χ0) is 20.4. The molecule has 1 N–H and O–H groups in total. The molecule has 6 heteroatoms. The van der Waals surface area contributed by atoms with Crippen LogP contribution in [0.4, 0.5) is 0 Å². The van der Waals surface area contributed by atoms with Crippen molar-refractivity contribution in [2.45, 2.75) is 43.0 Å². The van der Waals surface area contributed by atoms with Gasteiger partial charge in [0, 0.05) is 25.6 Å². The number of hydrogen-bond donors (Lipinski definition) is 1. The van der Waals surface area contributed by atoms with E-state index >= 15 is 0 Å². The zero-order valence-electron chi connectivity index (χ0n) is 17.2. The number of nitrogens with one attached hydrogen (secondary N) is 1. The summed E-state index contributed by atoms with van der Waals surface area (Å²) in [4.78, 5) is 2.61. The van der Waals surface area contributed by atoms with Crippen LogP contribution in [0.1, 0.15) is 29.5 Å². The average Bonchev–Trinajstić information content (AvgIpc) is 2.74. The average molecular weight is 415 g/mol. The van der Waals surface area contributed by atoms with Crippen LogP contribution >= 0.6 is 0 Å². The Kier molecular flexibility index (Phi) is 5.95. The largest absolute Gasteiger partial charge is 0.497 e. The van der Waals surface area contributed by atoms with Crippen LogP contribution in [0.15, 0.2) is 47.4 Å². The van der Waals surface area contributed by atoms with Crippen molar-refractivity contribution in [2.24, 2.45) is 5.92 Å². The topological polar surface area (TPSA) is 58.6 Å². The number of rotatable bonds is 5. The Hall–Kier alpha value is -1.89. The van der Waals surface area contributed by atoms with Crippen molar-refractivity contribution >= 4 is 9.84 Å². The quantitative estimate of drug-likeness (QED) is 0.814.